The molecule has 0 spiro atoms. The number of benzene rings is 1. The fourth-order valence-corrected chi connectivity index (χ4v) is 2.63. The molecule has 1 aromatic carbocycles. The Balaban J connectivity index is 2.03. The van der Waals surface area contributed by atoms with Gasteiger partial charge in [-0.05, 0) is 38.7 Å². The molecular weight excluding hydrogens is 228 g/mol. The maximum absolute atomic E-state index is 10.9. The molecule has 0 bridgehead atoms. The number of hydrogen-bond acceptors (Lipinski definition) is 3. The highest BCUT2D eigenvalue weighted by molar-refractivity contribution is 5.92. The van der Waals surface area contributed by atoms with Crippen molar-refractivity contribution in [1.29, 1.82) is 0 Å². The molecule has 3 heteroatoms. The summed E-state index contributed by atoms with van der Waals surface area (Å²) in [6, 6.07) is 5.82. The molecule has 94 valence electrons. The smallest absolute Gasteiger partial charge is 0.185 e. The van der Waals surface area contributed by atoms with Gasteiger partial charge in [0.05, 0.1) is 6.10 Å². The van der Waals surface area contributed by atoms with Crippen LogP contribution >= 0.6 is 0 Å². The summed E-state index contributed by atoms with van der Waals surface area (Å²) in [5, 5.41) is 0.965. The summed E-state index contributed by atoms with van der Waals surface area (Å²) in [5.74, 6) is 1.16. The number of hydrogen-bond donors (Lipinski definition) is 0. The summed E-state index contributed by atoms with van der Waals surface area (Å²) in [6.45, 7) is 1.90. The van der Waals surface area contributed by atoms with E-state index in [-0.39, 0.29) is 0 Å². The highest BCUT2D eigenvalue weighted by Gasteiger charge is 2.19. The van der Waals surface area contributed by atoms with Crippen LogP contribution in [0.3, 0.4) is 0 Å². The summed E-state index contributed by atoms with van der Waals surface area (Å²) < 4.78 is 11.6. The molecule has 0 N–H and O–H groups in total. The molecule has 1 aliphatic rings. The van der Waals surface area contributed by atoms with Crippen molar-refractivity contribution >= 4 is 17.3 Å². The predicted molar refractivity (Wildman–Crippen MR) is 69.2 cm³/mol. The second-order valence-corrected chi connectivity index (χ2v) is 4.87. The van der Waals surface area contributed by atoms with Crippen LogP contribution in [0.2, 0.25) is 0 Å². The van der Waals surface area contributed by atoms with Gasteiger partial charge in [-0.3, -0.25) is 4.79 Å². The summed E-state index contributed by atoms with van der Waals surface area (Å²) in [5.41, 5.74) is 1.58. The number of rotatable bonds is 3. The quantitative estimate of drug-likeness (QED) is 0.769. The molecule has 2 aromatic rings. The van der Waals surface area contributed by atoms with Gasteiger partial charge in [0.15, 0.2) is 23.4 Å². The summed E-state index contributed by atoms with van der Waals surface area (Å²) in [6.07, 6.45) is 5.73. The normalized spacial score (nSPS) is 16.3. The van der Waals surface area contributed by atoms with Crippen molar-refractivity contribution in [3.8, 4) is 5.75 Å². The minimum atomic E-state index is 0.292. The van der Waals surface area contributed by atoms with Gasteiger partial charge in [0.2, 0.25) is 0 Å². The molecule has 0 amide bonds. The van der Waals surface area contributed by atoms with E-state index < -0.39 is 0 Å². The number of para-hydroxylation sites is 1. The molecule has 0 radical (unpaired) electrons. The first-order valence-electron chi connectivity index (χ1n) is 6.43. The van der Waals surface area contributed by atoms with Crippen LogP contribution < -0.4 is 4.74 Å². The molecule has 0 saturated heterocycles. The first-order valence-corrected chi connectivity index (χ1v) is 6.43. The molecule has 1 heterocycles. The fraction of sp³-hybridized carbons (Fsp3) is 0.400. The van der Waals surface area contributed by atoms with Crippen LogP contribution in [0.1, 0.15) is 41.8 Å². The molecule has 1 saturated carbocycles. The summed E-state index contributed by atoms with van der Waals surface area (Å²) in [4.78, 5) is 10.9. The number of furan rings is 1. The van der Waals surface area contributed by atoms with Gasteiger partial charge in [-0.25, -0.2) is 0 Å². The number of carbonyl (C=O) groups is 1. The minimum Gasteiger partial charge on any atom is -0.486 e. The Hall–Kier alpha value is -1.77. The predicted octanol–water partition coefficient (Wildman–Crippen LogP) is 3.88. The molecular formula is C15H16O3. The Morgan fingerprint density at radius 1 is 1.33 bits per heavy atom. The van der Waals surface area contributed by atoms with Crippen molar-refractivity contribution in [2.75, 3.05) is 0 Å². The largest absolute Gasteiger partial charge is 0.486 e. The Kier molecular flexibility index (Phi) is 2.82. The van der Waals surface area contributed by atoms with E-state index in [1.165, 1.54) is 12.8 Å². The number of aryl methyl sites for hydroxylation is 1. The van der Waals surface area contributed by atoms with Gasteiger partial charge >= 0.3 is 0 Å². The molecule has 1 aromatic heterocycles. The van der Waals surface area contributed by atoms with Gasteiger partial charge in [-0.1, -0.05) is 12.1 Å². The minimum absolute atomic E-state index is 0.292. The van der Waals surface area contributed by atoms with E-state index in [1.807, 2.05) is 25.1 Å². The zero-order valence-corrected chi connectivity index (χ0v) is 10.4. The maximum Gasteiger partial charge on any atom is 0.185 e. The fourth-order valence-electron chi connectivity index (χ4n) is 2.63. The lowest BCUT2D eigenvalue weighted by Gasteiger charge is -2.12. The van der Waals surface area contributed by atoms with E-state index in [0.717, 1.165) is 35.8 Å². The third kappa shape index (κ3) is 1.80. The van der Waals surface area contributed by atoms with Crippen LogP contribution in [0.4, 0.5) is 0 Å². The second-order valence-electron chi connectivity index (χ2n) is 4.87. The molecule has 18 heavy (non-hydrogen) atoms. The molecule has 3 nitrogen and oxygen atoms in total. The number of ether oxygens (including phenoxy) is 1. The lowest BCUT2D eigenvalue weighted by Crippen LogP contribution is -2.10. The highest BCUT2D eigenvalue weighted by atomic mass is 16.5. The van der Waals surface area contributed by atoms with E-state index in [0.29, 0.717) is 17.4 Å². The van der Waals surface area contributed by atoms with E-state index in [4.69, 9.17) is 9.15 Å². The van der Waals surface area contributed by atoms with Crippen molar-refractivity contribution in [3.63, 3.8) is 0 Å². The average Bonchev–Trinajstić information content (AvgIpc) is 2.99. The second kappa shape index (κ2) is 4.48. The maximum atomic E-state index is 10.9. The third-order valence-corrected chi connectivity index (χ3v) is 3.67. The lowest BCUT2D eigenvalue weighted by molar-refractivity contribution is 0.110. The summed E-state index contributed by atoms with van der Waals surface area (Å²) >= 11 is 0. The number of fused-ring (bicyclic) bond motifs is 1. The van der Waals surface area contributed by atoms with Crippen LogP contribution in [0.5, 0.6) is 5.75 Å². The monoisotopic (exact) mass is 244 g/mol. The molecule has 0 aliphatic heterocycles. The third-order valence-electron chi connectivity index (χ3n) is 3.67. The van der Waals surface area contributed by atoms with E-state index in [2.05, 4.69) is 0 Å². The Labute approximate surface area is 106 Å². The molecule has 3 rings (SSSR count). The molecule has 0 atom stereocenters. The first kappa shape index (κ1) is 11.3. The lowest BCUT2D eigenvalue weighted by atomic mass is 10.1. The van der Waals surface area contributed by atoms with Crippen molar-refractivity contribution in [1.82, 2.24) is 0 Å². The Morgan fingerprint density at radius 2 is 2.11 bits per heavy atom. The van der Waals surface area contributed by atoms with Crippen LogP contribution in [-0.2, 0) is 0 Å². The summed E-state index contributed by atoms with van der Waals surface area (Å²) in [7, 11) is 0. The standard InChI is InChI=1S/C15H16O3/c1-10-12-7-4-8-13(15(12)18-14(10)9-16)17-11-5-2-3-6-11/h4,7-9,11H,2-3,5-6H2,1H3. The Bertz CT molecular complexity index is 577. The van der Waals surface area contributed by atoms with Gasteiger partial charge in [0, 0.05) is 10.9 Å². The van der Waals surface area contributed by atoms with Gasteiger partial charge in [0.1, 0.15) is 0 Å². The van der Waals surface area contributed by atoms with Crippen LogP contribution in [-0.4, -0.2) is 12.4 Å². The van der Waals surface area contributed by atoms with Crippen LogP contribution in [0, 0.1) is 6.92 Å². The zero-order valence-electron chi connectivity index (χ0n) is 10.4. The number of aldehydes is 1. The van der Waals surface area contributed by atoms with E-state index in [1.54, 1.807) is 0 Å². The Morgan fingerprint density at radius 3 is 2.83 bits per heavy atom. The van der Waals surface area contributed by atoms with Gasteiger partial charge in [0.25, 0.3) is 0 Å². The van der Waals surface area contributed by atoms with Crippen LogP contribution in [0.25, 0.3) is 11.0 Å². The van der Waals surface area contributed by atoms with Crippen LogP contribution in [0.15, 0.2) is 22.6 Å². The van der Waals surface area contributed by atoms with Crippen molar-refractivity contribution in [2.24, 2.45) is 0 Å². The van der Waals surface area contributed by atoms with Gasteiger partial charge < -0.3 is 9.15 Å². The highest BCUT2D eigenvalue weighted by Crippen LogP contribution is 2.34. The van der Waals surface area contributed by atoms with E-state index >= 15 is 0 Å². The molecule has 1 fully saturated rings. The zero-order chi connectivity index (χ0) is 12.5. The first-order chi connectivity index (χ1) is 8.79. The topological polar surface area (TPSA) is 39.4 Å². The SMILES string of the molecule is Cc1c(C=O)oc2c(OC3CCCC3)cccc12. The van der Waals surface area contributed by atoms with E-state index in [9.17, 15) is 4.79 Å². The van der Waals surface area contributed by atoms with Crippen molar-refractivity contribution in [3.05, 3.63) is 29.5 Å². The van der Waals surface area contributed by atoms with Crippen molar-refractivity contribution in [2.45, 2.75) is 38.7 Å². The molecule has 0 unspecified atom stereocenters. The molecule has 1 aliphatic carbocycles. The van der Waals surface area contributed by atoms with Gasteiger partial charge in [-0.2, -0.15) is 0 Å². The average molecular weight is 244 g/mol. The number of carbonyl (C=O) groups excluding carboxylic acids is 1. The van der Waals surface area contributed by atoms with Gasteiger partial charge in [-0.15, -0.1) is 0 Å². The van der Waals surface area contributed by atoms with Crippen molar-refractivity contribution < 1.29 is 13.9 Å².